The van der Waals surface area contributed by atoms with E-state index in [-0.39, 0.29) is 17.0 Å². The molecule has 0 aliphatic heterocycles. The molecule has 0 atom stereocenters. The molecule has 0 aromatic heterocycles. The van der Waals surface area contributed by atoms with E-state index in [0.717, 1.165) is 6.54 Å². The van der Waals surface area contributed by atoms with E-state index in [4.69, 9.17) is 5.11 Å². The maximum atomic E-state index is 8.66. The standard InChI is InChI=1S/C20H41NO.BrH/c1-2-3-4-5-6-7-8-9-10-11-12-13-14-15-16-17-18-21-19-20-22;/h9-10,21-22H,2-8,11-20H2,1H3;1H/b10-9-;. The molecule has 3 heteroatoms. The molecule has 0 rings (SSSR count). The summed E-state index contributed by atoms with van der Waals surface area (Å²) in [5.41, 5.74) is 0. The Bertz CT molecular complexity index is 222. The third-order valence-electron chi connectivity index (χ3n) is 4.25. The largest absolute Gasteiger partial charge is 1.00 e. The van der Waals surface area contributed by atoms with Crippen LogP contribution in [-0.2, 0) is 0 Å². The molecule has 0 aliphatic rings. The summed E-state index contributed by atoms with van der Waals surface area (Å²) in [7, 11) is 0. The molecule has 0 bridgehead atoms. The SMILES string of the molecule is CCCCCCCC/C=C\CCCCCCCC[NH2+]CCO.[Br-]. The van der Waals surface area contributed by atoms with Gasteiger partial charge in [0, 0.05) is 0 Å². The lowest BCUT2D eigenvalue weighted by Crippen LogP contribution is -3.00. The highest BCUT2D eigenvalue weighted by Gasteiger charge is 1.93. The van der Waals surface area contributed by atoms with E-state index in [0.29, 0.717) is 6.61 Å². The van der Waals surface area contributed by atoms with Crippen molar-refractivity contribution in [2.24, 2.45) is 0 Å². The van der Waals surface area contributed by atoms with Crippen LogP contribution in [0.25, 0.3) is 0 Å². The zero-order chi connectivity index (χ0) is 16.1. The molecule has 0 aliphatic carbocycles. The number of halogens is 1. The molecule has 0 spiro atoms. The second-order valence-electron chi connectivity index (χ2n) is 6.53. The minimum absolute atomic E-state index is 0. The highest BCUT2D eigenvalue weighted by Crippen LogP contribution is 2.09. The molecule has 0 radical (unpaired) electrons. The molecule has 0 saturated carbocycles. The van der Waals surface area contributed by atoms with Crippen molar-refractivity contribution in [3.63, 3.8) is 0 Å². The molecule has 0 aromatic rings. The van der Waals surface area contributed by atoms with Crippen LogP contribution >= 0.6 is 0 Å². The summed E-state index contributed by atoms with van der Waals surface area (Å²) in [4.78, 5) is 0. The van der Waals surface area contributed by atoms with E-state index in [9.17, 15) is 0 Å². The van der Waals surface area contributed by atoms with Crippen molar-refractivity contribution in [2.75, 3.05) is 19.7 Å². The Labute approximate surface area is 156 Å². The smallest absolute Gasteiger partial charge is 0.0990 e. The van der Waals surface area contributed by atoms with Crippen molar-refractivity contribution in [3.05, 3.63) is 12.2 Å². The van der Waals surface area contributed by atoms with Gasteiger partial charge >= 0.3 is 0 Å². The van der Waals surface area contributed by atoms with Crippen LogP contribution < -0.4 is 22.3 Å². The maximum absolute atomic E-state index is 8.66. The van der Waals surface area contributed by atoms with E-state index in [1.165, 1.54) is 96.4 Å². The third kappa shape index (κ3) is 24.5. The molecule has 3 N–H and O–H groups in total. The maximum Gasteiger partial charge on any atom is 0.0990 e. The summed E-state index contributed by atoms with van der Waals surface area (Å²) in [6.45, 7) is 4.64. The van der Waals surface area contributed by atoms with Crippen molar-refractivity contribution >= 4 is 0 Å². The van der Waals surface area contributed by atoms with Crippen molar-refractivity contribution in [3.8, 4) is 0 Å². The summed E-state index contributed by atoms with van der Waals surface area (Å²) in [6.07, 6.45) is 24.0. The number of quaternary nitrogens is 1. The van der Waals surface area contributed by atoms with Crippen molar-refractivity contribution in [1.29, 1.82) is 0 Å². The van der Waals surface area contributed by atoms with Gasteiger partial charge < -0.3 is 27.4 Å². The number of unbranched alkanes of at least 4 members (excludes halogenated alkanes) is 12. The van der Waals surface area contributed by atoms with Gasteiger partial charge in [0.05, 0.1) is 19.7 Å². The van der Waals surface area contributed by atoms with E-state index < -0.39 is 0 Å². The zero-order valence-electron chi connectivity index (χ0n) is 15.6. The van der Waals surface area contributed by atoms with Crippen LogP contribution in [0.15, 0.2) is 12.2 Å². The average Bonchev–Trinajstić information content (AvgIpc) is 2.54. The van der Waals surface area contributed by atoms with Gasteiger partial charge in [-0.15, -0.1) is 0 Å². The summed E-state index contributed by atoms with van der Waals surface area (Å²) in [6, 6.07) is 0. The van der Waals surface area contributed by atoms with Crippen LogP contribution in [0.5, 0.6) is 0 Å². The summed E-state index contributed by atoms with van der Waals surface area (Å²) in [5.74, 6) is 0. The molecule has 0 amide bonds. The van der Waals surface area contributed by atoms with Gasteiger partial charge in [0.25, 0.3) is 0 Å². The Morgan fingerprint density at radius 1 is 0.652 bits per heavy atom. The minimum atomic E-state index is 0. The van der Waals surface area contributed by atoms with Gasteiger partial charge in [0.2, 0.25) is 0 Å². The monoisotopic (exact) mass is 391 g/mol. The summed E-state index contributed by atoms with van der Waals surface area (Å²) >= 11 is 0. The number of hydrogen-bond acceptors (Lipinski definition) is 1. The van der Waals surface area contributed by atoms with Crippen LogP contribution in [0.1, 0.15) is 96.8 Å². The summed E-state index contributed by atoms with van der Waals surface area (Å²) in [5, 5.41) is 10.9. The molecule has 140 valence electrons. The quantitative estimate of drug-likeness (QED) is 0.270. The van der Waals surface area contributed by atoms with Crippen LogP contribution in [0, 0.1) is 0 Å². The number of rotatable bonds is 18. The Hall–Kier alpha value is 0.140. The molecule has 2 nitrogen and oxygen atoms in total. The predicted molar refractivity (Wildman–Crippen MR) is 98.2 cm³/mol. The molecule has 0 unspecified atom stereocenters. The zero-order valence-corrected chi connectivity index (χ0v) is 17.2. The lowest BCUT2D eigenvalue weighted by atomic mass is 10.1. The topological polar surface area (TPSA) is 36.8 Å². The number of aliphatic hydroxyl groups is 1. The predicted octanol–water partition coefficient (Wildman–Crippen LogP) is 1.58. The highest BCUT2D eigenvalue weighted by molar-refractivity contribution is 4.81. The second-order valence-corrected chi connectivity index (χ2v) is 6.53. The number of nitrogens with two attached hydrogens (primary N) is 1. The Balaban J connectivity index is 0. The van der Waals surface area contributed by atoms with E-state index in [1.54, 1.807) is 0 Å². The fourth-order valence-electron chi connectivity index (χ4n) is 2.77. The lowest BCUT2D eigenvalue weighted by molar-refractivity contribution is -0.656. The van der Waals surface area contributed by atoms with Crippen LogP contribution in [0.3, 0.4) is 0 Å². The molecule has 0 heterocycles. The molecular weight excluding hydrogens is 350 g/mol. The fourth-order valence-corrected chi connectivity index (χ4v) is 2.77. The molecular formula is C20H42BrNO. The average molecular weight is 392 g/mol. The number of aliphatic hydroxyl groups excluding tert-OH is 1. The van der Waals surface area contributed by atoms with Crippen molar-refractivity contribution in [1.82, 2.24) is 0 Å². The van der Waals surface area contributed by atoms with E-state index in [1.807, 2.05) is 0 Å². The normalized spacial score (nSPS) is 11.0. The third-order valence-corrected chi connectivity index (χ3v) is 4.25. The van der Waals surface area contributed by atoms with Gasteiger partial charge in [-0.2, -0.15) is 0 Å². The van der Waals surface area contributed by atoms with E-state index in [2.05, 4.69) is 24.4 Å². The molecule has 0 saturated heterocycles. The first kappa shape index (κ1) is 25.4. The highest BCUT2D eigenvalue weighted by atomic mass is 79.9. The number of hydrogen-bond donors (Lipinski definition) is 2. The van der Waals surface area contributed by atoms with Crippen molar-refractivity contribution in [2.45, 2.75) is 96.8 Å². The van der Waals surface area contributed by atoms with Crippen molar-refractivity contribution < 1.29 is 27.4 Å². The molecule has 23 heavy (non-hydrogen) atoms. The second kappa shape index (κ2) is 24.4. The van der Waals surface area contributed by atoms with Gasteiger partial charge in [-0.1, -0.05) is 70.4 Å². The van der Waals surface area contributed by atoms with Crippen LogP contribution in [-0.4, -0.2) is 24.8 Å². The molecule has 0 fully saturated rings. The first-order chi connectivity index (χ1) is 10.9. The van der Waals surface area contributed by atoms with Gasteiger partial charge in [0.1, 0.15) is 0 Å². The first-order valence-electron chi connectivity index (χ1n) is 9.99. The van der Waals surface area contributed by atoms with Gasteiger partial charge in [-0.3, -0.25) is 0 Å². The molecule has 0 aromatic carbocycles. The number of allylic oxidation sites excluding steroid dienone is 2. The fraction of sp³-hybridized carbons (Fsp3) is 0.900. The summed E-state index contributed by atoms with van der Waals surface area (Å²) < 4.78 is 0. The van der Waals surface area contributed by atoms with Crippen LogP contribution in [0.2, 0.25) is 0 Å². The van der Waals surface area contributed by atoms with E-state index >= 15 is 0 Å². The Morgan fingerprint density at radius 2 is 1.13 bits per heavy atom. The van der Waals surface area contributed by atoms with Gasteiger partial charge in [0.15, 0.2) is 0 Å². The lowest BCUT2D eigenvalue weighted by Gasteiger charge is -2.01. The van der Waals surface area contributed by atoms with Gasteiger partial charge in [-0.25, -0.2) is 0 Å². The Kier molecular flexibility index (Phi) is 26.9. The van der Waals surface area contributed by atoms with Gasteiger partial charge in [-0.05, 0) is 38.5 Å². The Morgan fingerprint density at radius 3 is 1.65 bits per heavy atom. The minimum Gasteiger partial charge on any atom is -1.00 e. The first-order valence-corrected chi connectivity index (χ1v) is 9.99. The van der Waals surface area contributed by atoms with Crippen LogP contribution in [0.4, 0.5) is 0 Å².